The lowest BCUT2D eigenvalue weighted by Gasteiger charge is -2.18. The fourth-order valence-corrected chi connectivity index (χ4v) is 4.21. The number of benzene rings is 1. The molecule has 9 heteroatoms. The first kappa shape index (κ1) is 20.2. The maximum Gasteiger partial charge on any atom is 0.228 e. The standard InChI is InChI=1S/C19H24N4O4S/c1-22(14-17-8-9-27-21-17)15-18-12-20-19(28(24,25)11-10-26-2)23(18)13-16-6-4-3-5-7-16/h3-9,12H,10-11,13-15H2,1-2H3. The molecule has 0 aliphatic heterocycles. The van der Waals surface area contributed by atoms with Crippen LogP contribution in [0.4, 0.5) is 0 Å². The van der Waals surface area contributed by atoms with Crippen molar-refractivity contribution in [1.82, 2.24) is 19.6 Å². The SMILES string of the molecule is COCCS(=O)(=O)c1ncc(CN(C)Cc2ccon2)n1Cc1ccccc1. The van der Waals surface area contributed by atoms with Crippen LogP contribution in [-0.2, 0) is 34.2 Å². The summed E-state index contributed by atoms with van der Waals surface area (Å²) in [5.74, 6) is -0.108. The maximum atomic E-state index is 12.8. The van der Waals surface area contributed by atoms with Crippen molar-refractivity contribution in [1.29, 1.82) is 0 Å². The average Bonchev–Trinajstić information content (AvgIpc) is 3.32. The first-order chi connectivity index (χ1) is 13.5. The second-order valence-corrected chi connectivity index (χ2v) is 8.58. The number of hydrogen-bond donors (Lipinski definition) is 0. The summed E-state index contributed by atoms with van der Waals surface area (Å²) < 4.78 is 37.1. The zero-order valence-corrected chi connectivity index (χ0v) is 16.8. The first-order valence-electron chi connectivity index (χ1n) is 8.87. The summed E-state index contributed by atoms with van der Waals surface area (Å²) >= 11 is 0. The Morgan fingerprint density at radius 3 is 2.64 bits per heavy atom. The molecule has 0 aliphatic rings. The third kappa shape index (κ3) is 5.06. The highest BCUT2D eigenvalue weighted by Crippen LogP contribution is 2.18. The van der Waals surface area contributed by atoms with E-state index in [0.29, 0.717) is 19.6 Å². The Labute approximate surface area is 164 Å². The van der Waals surface area contributed by atoms with Crippen LogP contribution in [0.1, 0.15) is 17.0 Å². The van der Waals surface area contributed by atoms with Crippen molar-refractivity contribution in [3.8, 4) is 0 Å². The number of sulfone groups is 1. The smallest absolute Gasteiger partial charge is 0.228 e. The highest BCUT2D eigenvalue weighted by atomic mass is 32.2. The zero-order valence-electron chi connectivity index (χ0n) is 16.0. The molecule has 0 radical (unpaired) electrons. The Hall–Kier alpha value is -2.49. The molecule has 0 fully saturated rings. The summed E-state index contributed by atoms with van der Waals surface area (Å²) in [6.45, 7) is 1.66. The number of rotatable bonds is 10. The third-order valence-electron chi connectivity index (χ3n) is 4.27. The highest BCUT2D eigenvalue weighted by Gasteiger charge is 2.24. The van der Waals surface area contributed by atoms with Gasteiger partial charge in [-0.05, 0) is 12.6 Å². The van der Waals surface area contributed by atoms with E-state index in [9.17, 15) is 8.42 Å². The number of hydrogen-bond acceptors (Lipinski definition) is 7. The lowest BCUT2D eigenvalue weighted by Crippen LogP contribution is -2.22. The van der Waals surface area contributed by atoms with E-state index in [1.165, 1.54) is 13.4 Å². The Kier molecular flexibility index (Phi) is 6.61. The summed E-state index contributed by atoms with van der Waals surface area (Å²) in [5, 5.41) is 3.99. The van der Waals surface area contributed by atoms with Crippen molar-refractivity contribution in [3.63, 3.8) is 0 Å². The van der Waals surface area contributed by atoms with Gasteiger partial charge in [-0.1, -0.05) is 35.5 Å². The van der Waals surface area contributed by atoms with E-state index in [1.807, 2.05) is 42.3 Å². The van der Waals surface area contributed by atoms with Gasteiger partial charge in [-0.15, -0.1) is 0 Å². The van der Waals surface area contributed by atoms with E-state index in [2.05, 4.69) is 10.1 Å². The molecule has 1 aromatic carbocycles. The van der Waals surface area contributed by atoms with Crippen LogP contribution in [0, 0.1) is 0 Å². The van der Waals surface area contributed by atoms with E-state index in [0.717, 1.165) is 17.0 Å². The minimum Gasteiger partial charge on any atom is -0.384 e. The van der Waals surface area contributed by atoms with Gasteiger partial charge in [0.1, 0.15) is 6.26 Å². The summed E-state index contributed by atoms with van der Waals surface area (Å²) in [6.07, 6.45) is 3.16. The van der Waals surface area contributed by atoms with Gasteiger partial charge in [0, 0.05) is 26.3 Å². The molecule has 2 aromatic heterocycles. The lowest BCUT2D eigenvalue weighted by atomic mass is 10.2. The fourth-order valence-electron chi connectivity index (χ4n) is 2.91. The molecule has 0 saturated carbocycles. The number of imidazole rings is 1. The summed E-state index contributed by atoms with van der Waals surface area (Å²) in [4.78, 5) is 6.28. The van der Waals surface area contributed by atoms with Gasteiger partial charge in [-0.25, -0.2) is 13.4 Å². The largest absolute Gasteiger partial charge is 0.384 e. The molecule has 28 heavy (non-hydrogen) atoms. The Morgan fingerprint density at radius 1 is 1.18 bits per heavy atom. The van der Waals surface area contributed by atoms with E-state index in [-0.39, 0.29) is 17.5 Å². The quantitative estimate of drug-likeness (QED) is 0.510. The van der Waals surface area contributed by atoms with Crippen LogP contribution in [-0.4, -0.2) is 54.5 Å². The summed E-state index contributed by atoms with van der Waals surface area (Å²) in [7, 11) is -0.137. The molecule has 0 spiro atoms. The molecule has 3 aromatic rings. The number of nitrogens with zero attached hydrogens (tertiary/aromatic N) is 4. The van der Waals surface area contributed by atoms with Crippen LogP contribution >= 0.6 is 0 Å². The van der Waals surface area contributed by atoms with Crippen molar-refractivity contribution in [2.75, 3.05) is 26.5 Å². The van der Waals surface area contributed by atoms with Gasteiger partial charge in [-0.2, -0.15) is 0 Å². The molecule has 2 heterocycles. The van der Waals surface area contributed by atoms with Gasteiger partial charge in [0.15, 0.2) is 0 Å². The average molecular weight is 404 g/mol. The number of aromatic nitrogens is 3. The molecule has 0 atom stereocenters. The van der Waals surface area contributed by atoms with Crippen molar-refractivity contribution >= 4 is 9.84 Å². The first-order valence-corrected chi connectivity index (χ1v) is 10.5. The minimum absolute atomic E-state index is 0.0678. The zero-order chi connectivity index (χ0) is 20.0. The van der Waals surface area contributed by atoms with E-state index < -0.39 is 9.84 Å². The second-order valence-electron chi connectivity index (χ2n) is 6.58. The van der Waals surface area contributed by atoms with E-state index in [1.54, 1.807) is 16.8 Å². The van der Waals surface area contributed by atoms with E-state index >= 15 is 0 Å². The molecular formula is C19H24N4O4S. The van der Waals surface area contributed by atoms with Crippen LogP contribution < -0.4 is 0 Å². The second kappa shape index (κ2) is 9.13. The molecule has 150 valence electrons. The number of methoxy groups -OCH3 is 1. The van der Waals surface area contributed by atoms with Gasteiger partial charge in [0.25, 0.3) is 0 Å². The molecule has 0 unspecified atom stereocenters. The lowest BCUT2D eigenvalue weighted by molar-refractivity contribution is 0.217. The highest BCUT2D eigenvalue weighted by molar-refractivity contribution is 7.91. The van der Waals surface area contributed by atoms with E-state index in [4.69, 9.17) is 9.26 Å². The van der Waals surface area contributed by atoms with Gasteiger partial charge in [-0.3, -0.25) is 4.90 Å². The normalized spacial score (nSPS) is 12.0. The van der Waals surface area contributed by atoms with Crippen LogP contribution in [0.5, 0.6) is 0 Å². The van der Waals surface area contributed by atoms with Gasteiger partial charge >= 0.3 is 0 Å². The molecule has 0 bridgehead atoms. The van der Waals surface area contributed by atoms with Crippen LogP contribution in [0.3, 0.4) is 0 Å². The molecule has 0 amide bonds. The Bertz CT molecular complexity index is 969. The molecule has 0 N–H and O–H groups in total. The van der Waals surface area contributed by atoms with Crippen LogP contribution in [0.2, 0.25) is 0 Å². The molecule has 3 rings (SSSR count). The third-order valence-corrected chi connectivity index (χ3v) is 5.86. The summed E-state index contributed by atoms with van der Waals surface area (Å²) in [6, 6.07) is 11.5. The predicted octanol–water partition coefficient (Wildman–Crippen LogP) is 1.97. The molecule has 0 aliphatic carbocycles. The Balaban J connectivity index is 1.88. The number of ether oxygens (including phenoxy) is 1. The fraction of sp³-hybridized carbons (Fsp3) is 0.368. The van der Waals surface area contributed by atoms with Gasteiger partial charge < -0.3 is 13.8 Å². The van der Waals surface area contributed by atoms with Crippen molar-refractivity contribution in [2.45, 2.75) is 24.8 Å². The van der Waals surface area contributed by atoms with Crippen LogP contribution in [0.25, 0.3) is 0 Å². The molecular weight excluding hydrogens is 380 g/mol. The van der Waals surface area contributed by atoms with Crippen LogP contribution in [0.15, 0.2) is 58.5 Å². The van der Waals surface area contributed by atoms with Crippen molar-refractivity contribution < 1.29 is 17.7 Å². The van der Waals surface area contributed by atoms with Crippen molar-refractivity contribution in [3.05, 3.63) is 65.8 Å². The predicted molar refractivity (Wildman–Crippen MR) is 103 cm³/mol. The Morgan fingerprint density at radius 2 is 1.96 bits per heavy atom. The van der Waals surface area contributed by atoms with Gasteiger partial charge in [0.2, 0.25) is 15.0 Å². The minimum atomic E-state index is -3.56. The maximum absolute atomic E-state index is 12.8. The summed E-state index contributed by atoms with van der Waals surface area (Å²) in [5.41, 5.74) is 2.62. The van der Waals surface area contributed by atoms with Crippen molar-refractivity contribution in [2.24, 2.45) is 0 Å². The topological polar surface area (TPSA) is 90.5 Å². The molecule has 0 saturated heterocycles. The molecule has 8 nitrogen and oxygen atoms in total. The van der Waals surface area contributed by atoms with Gasteiger partial charge in [0.05, 0.1) is 36.5 Å². The monoisotopic (exact) mass is 404 g/mol.